The van der Waals surface area contributed by atoms with Crippen LogP contribution in [0.25, 0.3) is 0 Å². The van der Waals surface area contributed by atoms with Crippen LogP contribution in [-0.2, 0) is 12.3 Å². The van der Waals surface area contributed by atoms with Crippen LogP contribution < -0.4 is 0 Å². The summed E-state index contributed by atoms with van der Waals surface area (Å²) < 4.78 is 15.1. The van der Waals surface area contributed by atoms with Crippen molar-refractivity contribution in [2.75, 3.05) is 0 Å². The number of hydrogen-bond donors (Lipinski definition) is 0. The molecular formula is C13H15ClFN3. The van der Waals surface area contributed by atoms with Gasteiger partial charge in [0.05, 0.1) is 5.88 Å². The third kappa shape index (κ3) is 2.70. The lowest BCUT2D eigenvalue weighted by Gasteiger charge is -2.13. The normalized spacial score (nSPS) is 11.2. The van der Waals surface area contributed by atoms with E-state index < -0.39 is 0 Å². The molecule has 0 bridgehead atoms. The van der Waals surface area contributed by atoms with Gasteiger partial charge in [0.2, 0.25) is 0 Å². The number of nitrogens with zero attached hydrogens (tertiary/aromatic N) is 3. The molecule has 1 aromatic heterocycles. The van der Waals surface area contributed by atoms with Crippen LogP contribution in [0.4, 0.5) is 4.39 Å². The van der Waals surface area contributed by atoms with Crippen LogP contribution in [0.2, 0.25) is 0 Å². The monoisotopic (exact) mass is 267 g/mol. The molecule has 1 heterocycles. The molecule has 2 aromatic rings. The Balaban J connectivity index is 2.32. The summed E-state index contributed by atoms with van der Waals surface area (Å²) in [5, 5.41) is 8.20. The van der Waals surface area contributed by atoms with E-state index in [0.29, 0.717) is 12.3 Å². The third-order valence-corrected chi connectivity index (χ3v) is 2.96. The molecular weight excluding hydrogens is 253 g/mol. The summed E-state index contributed by atoms with van der Waals surface area (Å²) in [6.45, 7) is 4.10. The summed E-state index contributed by atoms with van der Waals surface area (Å²) in [7, 11) is 0. The highest BCUT2D eigenvalue weighted by Crippen LogP contribution is 2.16. The van der Waals surface area contributed by atoms with Gasteiger partial charge in [-0.1, -0.05) is 12.1 Å². The van der Waals surface area contributed by atoms with Gasteiger partial charge in [-0.25, -0.2) is 4.39 Å². The zero-order chi connectivity index (χ0) is 13.1. The van der Waals surface area contributed by atoms with Gasteiger partial charge in [-0.15, -0.1) is 21.8 Å². The first-order valence-electron chi connectivity index (χ1n) is 5.85. The van der Waals surface area contributed by atoms with Gasteiger partial charge in [-0.3, -0.25) is 0 Å². The average molecular weight is 268 g/mol. The van der Waals surface area contributed by atoms with E-state index in [1.165, 1.54) is 12.1 Å². The standard InChI is InChI=1S/C13H15ClFN3/c1-9(2)18-12(16-17-13(18)8-14)7-10-4-3-5-11(15)6-10/h3-6,9H,7-8H2,1-2H3. The molecule has 2 rings (SSSR count). The van der Waals surface area contributed by atoms with E-state index in [4.69, 9.17) is 11.6 Å². The van der Waals surface area contributed by atoms with E-state index >= 15 is 0 Å². The van der Waals surface area contributed by atoms with Crippen molar-refractivity contribution in [1.29, 1.82) is 0 Å². The number of rotatable bonds is 4. The molecule has 5 heteroatoms. The van der Waals surface area contributed by atoms with E-state index in [9.17, 15) is 4.39 Å². The van der Waals surface area contributed by atoms with Gasteiger partial charge in [-0.2, -0.15) is 0 Å². The van der Waals surface area contributed by atoms with E-state index in [0.717, 1.165) is 17.2 Å². The fraction of sp³-hybridized carbons (Fsp3) is 0.385. The number of hydrogen-bond acceptors (Lipinski definition) is 2. The van der Waals surface area contributed by atoms with Crippen molar-refractivity contribution in [3.63, 3.8) is 0 Å². The molecule has 0 aliphatic carbocycles. The summed E-state index contributed by atoms with van der Waals surface area (Å²) in [5.41, 5.74) is 0.880. The highest BCUT2D eigenvalue weighted by atomic mass is 35.5. The molecule has 0 N–H and O–H groups in total. The van der Waals surface area contributed by atoms with Crippen LogP contribution in [0.1, 0.15) is 37.1 Å². The van der Waals surface area contributed by atoms with Crippen LogP contribution >= 0.6 is 11.6 Å². The summed E-state index contributed by atoms with van der Waals surface area (Å²) in [4.78, 5) is 0. The second kappa shape index (κ2) is 5.48. The quantitative estimate of drug-likeness (QED) is 0.796. The first kappa shape index (κ1) is 13.0. The van der Waals surface area contributed by atoms with Gasteiger partial charge < -0.3 is 4.57 Å². The minimum absolute atomic E-state index is 0.234. The Bertz CT molecular complexity index is 537. The molecule has 96 valence electrons. The maximum absolute atomic E-state index is 13.1. The van der Waals surface area contributed by atoms with Crippen molar-refractivity contribution < 1.29 is 4.39 Å². The lowest BCUT2D eigenvalue weighted by molar-refractivity contribution is 0.556. The second-order valence-electron chi connectivity index (χ2n) is 4.44. The van der Waals surface area contributed by atoms with Crippen molar-refractivity contribution in [2.45, 2.75) is 32.2 Å². The minimum Gasteiger partial charge on any atom is -0.311 e. The Hall–Kier alpha value is -1.42. The van der Waals surface area contributed by atoms with Crippen molar-refractivity contribution in [2.24, 2.45) is 0 Å². The molecule has 0 fully saturated rings. The van der Waals surface area contributed by atoms with E-state index in [1.54, 1.807) is 6.07 Å². The Morgan fingerprint density at radius 1 is 1.28 bits per heavy atom. The van der Waals surface area contributed by atoms with Crippen LogP contribution in [-0.4, -0.2) is 14.8 Å². The van der Waals surface area contributed by atoms with Gasteiger partial charge >= 0.3 is 0 Å². The molecule has 18 heavy (non-hydrogen) atoms. The molecule has 0 aliphatic rings. The van der Waals surface area contributed by atoms with Gasteiger partial charge in [0.25, 0.3) is 0 Å². The molecule has 0 aliphatic heterocycles. The average Bonchev–Trinajstić information content (AvgIpc) is 2.72. The first-order valence-corrected chi connectivity index (χ1v) is 6.38. The Labute approximate surface area is 111 Å². The topological polar surface area (TPSA) is 30.7 Å². The first-order chi connectivity index (χ1) is 8.61. The third-order valence-electron chi connectivity index (χ3n) is 2.72. The van der Waals surface area contributed by atoms with Crippen molar-refractivity contribution in [3.8, 4) is 0 Å². The van der Waals surface area contributed by atoms with Gasteiger partial charge in [-0.05, 0) is 31.5 Å². The smallest absolute Gasteiger partial charge is 0.148 e. The Morgan fingerprint density at radius 2 is 2.00 bits per heavy atom. The van der Waals surface area contributed by atoms with Crippen molar-refractivity contribution in [3.05, 3.63) is 47.3 Å². The molecule has 0 saturated carbocycles. The molecule has 0 unspecified atom stereocenters. The number of alkyl halides is 1. The SMILES string of the molecule is CC(C)n1c(CCl)nnc1Cc1cccc(F)c1. The highest BCUT2D eigenvalue weighted by Gasteiger charge is 2.14. The van der Waals surface area contributed by atoms with Crippen molar-refractivity contribution >= 4 is 11.6 Å². The maximum atomic E-state index is 13.1. The fourth-order valence-corrected chi connectivity index (χ4v) is 2.18. The molecule has 0 radical (unpaired) electrons. The van der Waals surface area contributed by atoms with E-state index in [2.05, 4.69) is 24.0 Å². The molecule has 0 spiro atoms. The summed E-state index contributed by atoms with van der Waals surface area (Å²) >= 11 is 5.83. The second-order valence-corrected chi connectivity index (χ2v) is 4.70. The van der Waals surface area contributed by atoms with Crippen LogP contribution in [0, 0.1) is 5.82 Å². The van der Waals surface area contributed by atoms with Crippen LogP contribution in [0.15, 0.2) is 24.3 Å². The van der Waals surface area contributed by atoms with Crippen LogP contribution in [0.3, 0.4) is 0 Å². The summed E-state index contributed by atoms with van der Waals surface area (Å²) in [6.07, 6.45) is 0.555. The summed E-state index contributed by atoms with van der Waals surface area (Å²) in [5.74, 6) is 1.65. The highest BCUT2D eigenvalue weighted by molar-refractivity contribution is 6.16. The predicted octanol–water partition coefficient (Wildman–Crippen LogP) is 3.33. The fourth-order valence-electron chi connectivity index (χ4n) is 2.00. The Morgan fingerprint density at radius 3 is 2.61 bits per heavy atom. The molecule has 1 aromatic carbocycles. The predicted molar refractivity (Wildman–Crippen MR) is 69.2 cm³/mol. The molecule has 0 amide bonds. The summed E-state index contributed by atoms with van der Waals surface area (Å²) in [6, 6.07) is 6.75. The van der Waals surface area contributed by atoms with E-state index in [1.807, 2.05) is 10.6 Å². The minimum atomic E-state index is -0.235. The van der Waals surface area contributed by atoms with Crippen LogP contribution in [0.5, 0.6) is 0 Å². The van der Waals surface area contributed by atoms with Gasteiger partial charge in [0, 0.05) is 12.5 Å². The zero-order valence-electron chi connectivity index (χ0n) is 10.4. The largest absolute Gasteiger partial charge is 0.311 e. The molecule has 0 saturated heterocycles. The number of benzene rings is 1. The lowest BCUT2D eigenvalue weighted by Crippen LogP contribution is -2.10. The number of halogens is 2. The zero-order valence-corrected chi connectivity index (χ0v) is 11.2. The Kier molecular flexibility index (Phi) is 3.97. The molecule has 0 atom stereocenters. The molecule has 3 nitrogen and oxygen atoms in total. The maximum Gasteiger partial charge on any atom is 0.148 e. The van der Waals surface area contributed by atoms with Gasteiger partial charge in [0.1, 0.15) is 17.5 Å². The lowest BCUT2D eigenvalue weighted by atomic mass is 10.1. The van der Waals surface area contributed by atoms with Gasteiger partial charge in [0.15, 0.2) is 0 Å². The van der Waals surface area contributed by atoms with Crippen molar-refractivity contribution in [1.82, 2.24) is 14.8 Å². The van der Waals surface area contributed by atoms with E-state index in [-0.39, 0.29) is 11.9 Å². The number of aromatic nitrogens is 3.